The summed E-state index contributed by atoms with van der Waals surface area (Å²) >= 11 is 0. The number of alkyl halides is 1. The molecular weight excluding hydrogens is 195 g/mol. The van der Waals surface area contributed by atoms with Crippen LogP contribution in [0.25, 0.3) is 0 Å². The maximum Gasteiger partial charge on any atom is 0.131 e. The number of likely N-dealkylation sites (N-methyl/N-ethyl adjacent to an activating group) is 1. The van der Waals surface area contributed by atoms with Crippen molar-refractivity contribution < 1.29 is 9.13 Å². The van der Waals surface area contributed by atoms with Gasteiger partial charge in [0.2, 0.25) is 0 Å². The summed E-state index contributed by atoms with van der Waals surface area (Å²) in [4.78, 5) is 0. The van der Waals surface area contributed by atoms with Crippen LogP contribution in [0.2, 0.25) is 0 Å². The van der Waals surface area contributed by atoms with Crippen LogP contribution < -0.4 is 11.1 Å². The lowest BCUT2D eigenvalue weighted by molar-refractivity contribution is 0.209. The maximum atomic E-state index is 12.3. The smallest absolute Gasteiger partial charge is 0.131 e. The van der Waals surface area contributed by atoms with E-state index >= 15 is 0 Å². The van der Waals surface area contributed by atoms with Crippen molar-refractivity contribution in [3.8, 4) is 0 Å². The van der Waals surface area contributed by atoms with Gasteiger partial charge in [-0.1, -0.05) is 6.58 Å². The summed E-state index contributed by atoms with van der Waals surface area (Å²) in [6.07, 6.45) is 5.70. The van der Waals surface area contributed by atoms with E-state index in [4.69, 9.17) is 10.5 Å². The van der Waals surface area contributed by atoms with Crippen molar-refractivity contribution in [2.24, 2.45) is 5.73 Å². The Bertz CT molecular complexity index is 293. The summed E-state index contributed by atoms with van der Waals surface area (Å²) in [6.45, 7) is 2.96. The van der Waals surface area contributed by atoms with Crippen molar-refractivity contribution in [1.82, 2.24) is 5.32 Å². The van der Waals surface area contributed by atoms with Gasteiger partial charge in [-0.2, -0.15) is 0 Å². The first kappa shape index (κ1) is 11.6. The van der Waals surface area contributed by atoms with E-state index in [9.17, 15) is 4.39 Å². The summed E-state index contributed by atoms with van der Waals surface area (Å²) in [5.74, 6) is 0.623. The number of allylic oxidation sites excluding steroid dienone is 3. The van der Waals surface area contributed by atoms with Gasteiger partial charge in [-0.05, 0) is 18.9 Å². The van der Waals surface area contributed by atoms with E-state index in [0.717, 1.165) is 12.8 Å². The molecular formula is C11H17FN2O. The summed E-state index contributed by atoms with van der Waals surface area (Å²) in [7, 11) is 1.69. The highest BCUT2D eigenvalue weighted by atomic mass is 19.1. The molecule has 4 heteroatoms. The molecule has 0 unspecified atom stereocenters. The summed E-state index contributed by atoms with van der Waals surface area (Å²) in [5, 5.41) is 2.82. The molecule has 0 amide bonds. The van der Waals surface area contributed by atoms with Crippen molar-refractivity contribution in [2.45, 2.75) is 18.9 Å². The molecule has 0 aromatic carbocycles. The van der Waals surface area contributed by atoms with E-state index in [1.165, 1.54) is 0 Å². The average molecular weight is 212 g/mol. The topological polar surface area (TPSA) is 47.3 Å². The van der Waals surface area contributed by atoms with Crippen LogP contribution in [0.4, 0.5) is 4.39 Å². The molecule has 0 bridgehead atoms. The Hall–Kier alpha value is -1.45. The molecule has 0 aromatic heterocycles. The quantitative estimate of drug-likeness (QED) is 0.519. The largest absolute Gasteiger partial charge is 0.490 e. The third kappa shape index (κ3) is 3.65. The predicted molar refractivity (Wildman–Crippen MR) is 58.6 cm³/mol. The molecule has 1 fully saturated rings. The first-order valence-electron chi connectivity index (χ1n) is 4.94. The molecule has 3 N–H and O–H groups in total. The van der Waals surface area contributed by atoms with Gasteiger partial charge in [-0.3, -0.25) is 0 Å². The Morgan fingerprint density at radius 3 is 2.73 bits per heavy atom. The standard InChI is InChI=1S/C11H17FN2O/c1-3-8(15-9-4-5-9)6-11(14-2)10(13)7-12/h3,6,9,14H,1,4-5,7,13H2,2H3/b8-6+,11-10-. The number of rotatable bonds is 6. The Morgan fingerprint density at radius 1 is 1.67 bits per heavy atom. The van der Waals surface area contributed by atoms with Gasteiger partial charge < -0.3 is 15.8 Å². The van der Waals surface area contributed by atoms with Gasteiger partial charge in [0.05, 0.1) is 17.5 Å². The molecule has 1 saturated carbocycles. The maximum absolute atomic E-state index is 12.3. The fourth-order valence-electron chi connectivity index (χ4n) is 1.06. The highest BCUT2D eigenvalue weighted by Crippen LogP contribution is 2.26. The molecule has 0 aliphatic heterocycles. The van der Waals surface area contributed by atoms with Crippen molar-refractivity contribution in [1.29, 1.82) is 0 Å². The lowest BCUT2D eigenvalue weighted by atomic mass is 10.3. The first-order valence-corrected chi connectivity index (χ1v) is 4.94. The number of halogens is 1. The Balaban J connectivity index is 2.73. The third-order valence-corrected chi connectivity index (χ3v) is 2.07. The molecule has 0 aromatic rings. The van der Waals surface area contributed by atoms with Gasteiger partial charge in [0.15, 0.2) is 0 Å². The third-order valence-electron chi connectivity index (χ3n) is 2.07. The van der Waals surface area contributed by atoms with Crippen LogP contribution in [0.1, 0.15) is 12.8 Å². The SMILES string of the molecule is C=C/C(=C\C(NC)=C(\N)CF)OC1CC1. The van der Waals surface area contributed by atoms with Gasteiger partial charge >= 0.3 is 0 Å². The van der Waals surface area contributed by atoms with E-state index in [1.54, 1.807) is 19.2 Å². The van der Waals surface area contributed by atoms with Crippen molar-refractivity contribution in [2.75, 3.05) is 13.7 Å². The van der Waals surface area contributed by atoms with Crippen LogP contribution in [-0.4, -0.2) is 19.8 Å². The molecule has 0 atom stereocenters. The molecule has 0 spiro atoms. The molecule has 0 saturated heterocycles. The van der Waals surface area contributed by atoms with Gasteiger partial charge in [-0.15, -0.1) is 0 Å². The first-order chi connectivity index (χ1) is 7.21. The molecule has 0 heterocycles. The van der Waals surface area contributed by atoms with E-state index in [2.05, 4.69) is 11.9 Å². The highest BCUT2D eigenvalue weighted by molar-refractivity contribution is 5.28. The second-order valence-electron chi connectivity index (χ2n) is 3.39. The average Bonchev–Trinajstić information content (AvgIpc) is 3.06. The van der Waals surface area contributed by atoms with Crippen LogP contribution in [0, 0.1) is 0 Å². The van der Waals surface area contributed by atoms with E-state index < -0.39 is 6.67 Å². The summed E-state index contributed by atoms with van der Waals surface area (Å²) in [5.41, 5.74) is 6.18. The fourth-order valence-corrected chi connectivity index (χ4v) is 1.06. The Labute approximate surface area is 89.5 Å². The minimum Gasteiger partial charge on any atom is -0.490 e. The monoisotopic (exact) mass is 212 g/mol. The second-order valence-corrected chi connectivity index (χ2v) is 3.39. The predicted octanol–water partition coefficient (Wildman–Crippen LogP) is 1.59. The number of hydrogen-bond acceptors (Lipinski definition) is 3. The molecule has 15 heavy (non-hydrogen) atoms. The number of nitrogens with one attached hydrogen (secondary N) is 1. The van der Waals surface area contributed by atoms with Crippen molar-refractivity contribution in [3.05, 3.63) is 35.9 Å². The minimum atomic E-state index is -0.680. The molecule has 1 aliphatic carbocycles. The lowest BCUT2D eigenvalue weighted by Gasteiger charge is -2.08. The highest BCUT2D eigenvalue weighted by Gasteiger charge is 2.23. The van der Waals surface area contributed by atoms with Crippen molar-refractivity contribution >= 4 is 0 Å². The second kappa shape index (κ2) is 5.44. The van der Waals surface area contributed by atoms with Crippen LogP contribution in [-0.2, 0) is 4.74 Å². The van der Waals surface area contributed by atoms with E-state index in [-0.39, 0.29) is 5.70 Å². The zero-order valence-electron chi connectivity index (χ0n) is 8.92. The van der Waals surface area contributed by atoms with Crippen molar-refractivity contribution in [3.63, 3.8) is 0 Å². The number of hydrogen-bond donors (Lipinski definition) is 2. The molecule has 0 radical (unpaired) electrons. The van der Waals surface area contributed by atoms with Gasteiger partial charge in [0.25, 0.3) is 0 Å². The van der Waals surface area contributed by atoms with Crippen LogP contribution in [0.15, 0.2) is 35.9 Å². The molecule has 1 rings (SSSR count). The number of nitrogens with two attached hydrogens (primary N) is 1. The normalized spacial score (nSPS) is 18.1. The fraction of sp³-hybridized carbons (Fsp3) is 0.455. The van der Waals surface area contributed by atoms with E-state index in [1.807, 2.05) is 0 Å². The summed E-state index contributed by atoms with van der Waals surface area (Å²) in [6, 6.07) is 0. The lowest BCUT2D eigenvalue weighted by Crippen LogP contribution is -2.14. The Kier molecular flexibility index (Phi) is 4.21. The van der Waals surface area contributed by atoms with Gasteiger partial charge in [0.1, 0.15) is 12.4 Å². The van der Waals surface area contributed by atoms with Crippen LogP contribution in [0.3, 0.4) is 0 Å². The van der Waals surface area contributed by atoms with Crippen LogP contribution >= 0.6 is 0 Å². The van der Waals surface area contributed by atoms with Crippen LogP contribution in [0.5, 0.6) is 0 Å². The molecule has 84 valence electrons. The van der Waals surface area contributed by atoms with Gasteiger partial charge in [-0.25, -0.2) is 4.39 Å². The molecule has 3 nitrogen and oxygen atoms in total. The van der Waals surface area contributed by atoms with Gasteiger partial charge in [0, 0.05) is 13.1 Å². The summed E-state index contributed by atoms with van der Waals surface area (Å²) < 4.78 is 17.9. The minimum absolute atomic E-state index is 0.163. The Morgan fingerprint density at radius 2 is 2.33 bits per heavy atom. The van der Waals surface area contributed by atoms with E-state index in [0.29, 0.717) is 17.6 Å². The zero-order valence-corrected chi connectivity index (χ0v) is 8.92. The zero-order chi connectivity index (χ0) is 11.3. The number of ether oxygens (including phenoxy) is 1. The molecule has 1 aliphatic rings.